The highest BCUT2D eigenvalue weighted by molar-refractivity contribution is 7.12. The predicted octanol–water partition coefficient (Wildman–Crippen LogP) is 0.187. The lowest BCUT2D eigenvalue weighted by atomic mass is 9.99. The molecule has 2 saturated heterocycles. The molecule has 1 amide bonds. The fourth-order valence-electron chi connectivity index (χ4n) is 3.51. The van der Waals surface area contributed by atoms with Crippen LogP contribution in [0.25, 0.3) is 5.00 Å². The van der Waals surface area contributed by atoms with E-state index in [1.54, 1.807) is 6.07 Å². The molecule has 2 aromatic rings. The lowest BCUT2D eigenvalue weighted by molar-refractivity contribution is -0.135. The van der Waals surface area contributed by atoms with Crippen LogP contribution in [0.1, 0.15) is 19.3 Å². The fourth-order valence-corrected chi connectivity index (χ4v) is 4.18. The van der Waals surface area contributed by atoms with Crippen LogP contribution in [-0.2, 0) is 11.3 Å². The minimum Gasteiger partial charge on any atom is -0.338 e. The largest absolute Gasteiger partial charge is 0.369 e. The fraction of sp³-hybridized carbons (Fsp3) is 0.600. The summed E-state index contributed by atoms with van der Waals surface area (Å²) in [5.74, 6) is -0.0550. The highest BCUT2D eigenvalue weighted by Crippen LogP contribution is 2.21. The number of hydrogen-bond donors (Lipinski definition) is 0. The molecule has 2 aromatic heterocycles. The van der Waals surface area contributed by atoms with E-state index in [0.717, 1.165) is 37.3 Å². The maximum Gasteiger partial charge on any atom is 0.369 e. The molecule has 24 heavy (non-hydrogen) atoms. The van der Waals surface area contributed by atoms with Crippen LogP contribution < -0.4 is 5.69 Å². The number of aromatic nitrogens is 4. The van der Waals surface area contributed by atoms with Crippen LogP contribution in [0, 0.1) is 0 Å². The van der Waals surface area contributed by atoms with Gasteiger partial charge in [-0.05, 0) is 47.3 Å². The van der Waals surface area contributed by atoms with E-state index in [-0.39, 0.29) is 18.1 Å². The summed E-state index contributed by atoms with van der Waals surface area (Å²) in [7, 11) is 0. The Morgan fingerprint density at radius 2 is 2.17 bits per heavy atom. The molecule has 0 bridgehead atoms. The van der Waals surface area contributed by atoms with Crippen molar-refractivity contribution in [2.75, 3.05) is 26.2 Å². The Kier molecular flexibility index (Phi) is 4.19. The standard InChI is InChI=1S/C15H20N6O2S/c22-13(19-8-7-18-6-2-1-4-12(18)10-19)11-20-15(23)21(17-16-20)14-5-3-9-24-14/h3,5,9,12H,1-2,4,6-8,10-11H2/t12-/m0/s1. The molecular formula is C15H20N6O2S. The Hall–Kier alpha value is -2.00. The minimum atomic E-state index is -0.373. The number of carbonyl (C=O) groups is 1. The first-order valence-corrected chi connectivity index (χ1v) is 9.19. The third-order valence-corrected chi connectivity index (χ3v) is 5.67. The Labute approximate surface area is 143 Å². The summed E-state index contributed by atoms with van der Waals surface area (Å²) in [6, 6.07) is 4.12. The highest BCUT2D eigenvalue weighted by atomic mass is 32.1. The molecule has 0 unspecified atom stereocenters. The van der Waals surface area contributed by atoms with Gasteiger partial charge in [0.25, 0.3) is 0 Å². The maximum absolute atomic E-state index is 12.6. The van der Waals surface area contributed by atoms with Crippen LogP contribution in [0.5, 0.6) is 0 Å². The number of carbonyl (C=O) groups excluding carboxylic acids is 1. The lowest BCUT2D eigenvalue weighted by Crippen LogP contribution is -2.56. The van der Waals surface area contributed by atoms with Crippen molar-refractivity contribution in [1.29, 1.82) is 0 Å². The lowest BCUT2D eigenvalue weighted by Gasteiger charge is -2.44. The number of piperidine rings is 1. The summed E-state index contributed by atoms with van der Waals surface area (Å²) in [4.78, 5) is 29.2. The summed E-state index contributed by atoms with van der Waals surface area (Å²) in [6.45, 7) is 3.50. The zero-order valence-corrected chi connectivity index (χ0v) is 14.2. The van der Waals surface area contributed by atoms with Crippen molar-refractivity contribution in [1.82, 2.24) is 29.6 Å². The van der Waals surface area contributed by atoms with Crippen molar-refractivity contribution in [3.05, 3.63) is 28.0 Å². The van der Waals surface area contributed by atoms with Crippen molar-refractivity contribution in [2.45, 2.75) is 31.8 Å². The van der Waals surface area contributed by atoms with Crippen molar-refractivity contribution in [3.63, 3.8) is 0 Å². The van der Waals surface area contributed by atoms with E-state index in [9.17, 15) is 9.59 Å². The molecule has 4 heterocycles. The molecule has 128 valence electrons. The van der Waals surface area contributed by atoms with Crippen LogP contribution in [0.15, 0.2) is 22.3 Å². The van der Waals surface area contributed by atoms with Gasteiger partial charge >= 0.3 is 5.69 Å². The maximum atomic E-state index is 12.6. The molecule has 2 aliphatic rings. The van der Waals surface area contributed by atoms with Gasteiger partial charge in [-0.25, -0.2) is 4.79 Å². The van der Waals surface area contributed by atoms with Gasteiger partial charge in [-0.15, -0.1) is 11.3 Å². The average Bonchev–Trinajstić information content (AvgIpc) is 3.25. The van der Waals surface area contributed by atoms with Gasteiger partial charge in [0.2, 0.25) is 5.91 Å². The zero-order valence-electron chi connectivity index (χ0n) is 13.4. The SMILES string of the molecule is O=C(Cn1nnn(-c2cccs2)c1=O)N1CCN2CCCC[C@H]2C1. The number of hydrogen-bond acceptors (Lipinski definition) is 6. The minimum absolute atomic E-state index is 0.0447. The smallest absolute Gasteiger partial charge is 0.338 e. The number of amides is 1. The number of rotatable bonds is 3. The van der Waals surface area contributed by atoms with Crippen molar-refractivity contribution < 1.29 is 4.79 Å². The van der Waals surface area contributed by atoms with Gasteiger partial charge < -0.3 is 4.90 Å². The number of thiophene rings is 1. The summed E-state index contributed by atoms with van der Waals surface area (Å²) in [5, 5.41) is 10.3. The highest BCUT2D eigenvalue weighted by Gasteiger charge is 2.31. The second-order valence-electron chi connectivity index (χ2n) is 6.31. The van der Waals surface area contributed by atoms with Crippen molar-refractivity contribution >= 4 is 17.2 Å². The van der Waals surface area contributed by atoms with Gasteiger partial charge in [-0.2, -0.15) is 9.36 Å². The summed E-state index contributed by atoms with van der Waals surface area (Å²) < 4.78 is 2.38. The van der Waals surface area contributed by atoms with Gasteiger partial charge in [0.05, 0.1) is 0 Å². The van der Waals surface area contributed by atoms with E-state index in [1.165, 1.54) is 28.9 Å². The van der Waals surface area contributed by atoms with Crippen LogP contribution >= 0.6 is 11.3 Å². The number of fused-ring (bicyclic) bond motifs is 1. The molecule has 0 radical (unpaired) electrons. The van der Waals surface area contributed by atoms with Crippen LogP contribution in [-0.4, -0.2) is 67.7 Å². The molecule has 0 aliphatic carbocycles. The number of tetrazole rings is 1. The third-order valence-electron chi connectivity index (χ3n) is 4.83. The van der Waals surface area contributed by atoms with E-state index in [4.69, 9.17) is 0 Å². The molecule has 9 heteroatoms. The average molecular weight is 348 g/mol. The first kappa shape index (κ1) is 15.5. The normalized spacial score (nSPS) is 21.7. The molecule has 4 rings (SSSR count). The molecule has 0 spiro atoms. The first-order valence-electron chi connectivity index (χ1n) is 8.31. The Balaban J connectivity index is 1.44. The molecular weight excluding hydrogens is 328 g/mol. The topological polar surface area (TPSA) is 76.3 Å². The molecule has 2 aliphatic heterocycles. The van der Waals surface area contributed by atoms with Gasteiger partial charge in [0.15, 0.2) is 0 Å². The monoisotopic (exact) mass is 348 g/mol. The Bertz CT molecular complexity index is 767. The van der Waals surface area contributed by atoms with Crippen LogP contribution in [0.3, 0.4) is 0 Å². The number of nitrogens with zero attached hydrogens (tertiary/aromatic N) is 6. The summed E-state index contributed by atoms with van der Waals surface area (Å²) >= 11 is 1.41. The molecule has 0 saturated carbocycles. The van der Waals surface area contributed by atoms with E-state index in [1.807, 2.05) is 16.3 Å². The first-order chi connectivity index (χ1) is 11.7. The quantitative estimate of drug-likeness (QED) is 0.791. The molecule has 0 aromatic carbocycles. The molecule has 1 atom stereocenters. The zero-order chi connectivity index (χ0) is 16.5. The Morgan fingerprint density at radius 1 is 1.25 bits per heavy atom. The van der Waals surface area contributed by atoms with Crippen molar-refractivity contribution in [2.24, 2.45) is 0 Å². The Morgan fingerprint density at radius 3 is 3.00 bits per heavy atom. The van der Waals surface area contributed by atoms with Crippen LogP contribution in [0.4, 0.5) is 0 Å². The molecule has 8 nitrogen and oxygen atoms in total. The van der Waals surface area contributed by atoms with Crippen LogP contribution in [0.2, 0.25) is 0 Å². The summed E-state index contributed by atoms with van der Waals surface area (Å²) in [6.07, 6.45) is 3.64. The van der Waals surface area contributed by atoms with Gasteiger partial charge in [0, 0.05) is 25.7 Å². The van der Waals surface area contributed by atoms with Gasteiger partial charge in [0.1, 0.15) is 11.5 Å². The second-order valence-corrected chi connectivity index (χ2v) is 7.23. The second kappa shape index (κ2) is 6.48. The van der Waals surface area contributed by atoms with E-state index >= 15 is 0 Å². The molecule has 2 fully saturated rings. The summed E-state index contributed by atoms with van der Waals surface area (Å²) in [5.41, 5.74) is -0.373. The van der Waals surface area contributed by atoms with E-state index in [0.29, 0.717) is 11.0 Å². The predicted molar refractivity (Wildman–Crippen MR) is 89.3 cm³/mol. The van der Waals surface area contributed by atoms with Gasteiger partial charge in [-0.3, -0.25) is 9.69 Å². The van der Waals surface area contributed by atoms with Crippen molar-refractivity contribution in [3.8, 4) is 5.00 Å². The third kappa shape index (κ3) is 2.89. The molecule has 0 N–H and O–H groups in total. The van der Waals surface area contributed by atoms with Gasteiger partial charge in [-0.1, -0.05) is 6.42 Å². The van der Waals surface area contributed by atoms with E-state index < -0.39 is 0 Å². The van der Waals surface area contributed by atoms with E-state index in [2.05, 4.69) is 15.3 Å². The number of piperazine rings is 1.